The van der Waals surface area contributed by atoms with E-state index in [0.29, 0.717) is 10.7 Å². The predicted octanol–water partition coefficient (Wildman–Crippen LogP) is 1.54. The number of nitrogens with zero attached hydrogens (tertiary/aromatic N) is 1. The fraction of sp³-hybridized carbons (Fsp3) is 0.0833. The number of anilines is 1. The molecule has 2 amide bonds. The number of benzene rings is 1. The summed E-state index contributed by atoms with van der Waals surface area (Å²) in [5.74, 6) is -2.09. The largest absolute Gasteiger partial charge is 0.344 e. The molecular weight excluding hydrogens is 269 g/mol. The highest BCUT2D eigenvalue weighted by molar-refractivity contribution is 7.13. The van der Waals surface area contributed by atoms with Gasteiger partial charge in [0, 0.05) is 23.7 Å². The van der Waals surface area contributed by atoms with Gasteiger partial charge >= 0.3 is 11.8 Å². The van der Waals surface area contributed by atoms with Crippen LogP contribution >= 0.6 is 11.3 Å². The molecule has 0 spiro atoms. The Labute approximate surface area is 112 Å². The van der Waals surface area contributed by atoms with E-state index >= 15 is 0 Å². The van der Waals surface area contributed by atoms with Gasteiger partial charge in [0.05, 0.1) is 0 Å². The van der Waals surface area contributed by atoms with Crippen LogP contribution in [0.25, 0.3) is 0 Å². The van der Waals surface area contributed by atoms with Crippen molar-refractivity contribution >= 4 is 28.3 Å². The van der Waals surface area contributed by atoms with Crippen LogP contribution in [0.2, 0.25) is 0 Å². The number of nitrogens with one attached hydrogen (secondary N) is 2. The van der Waals surface area contributed by atoms with Gasteiger partial charge in [-0.3, -0.25) is 14.9 Å². The zero-order valence-corrected chi connectivity index (χ0v) is 10.5. The average Bonchev–Trinajstić information content (AvgIpc) is 2.90. The molecule has 19 heavy (non-hydrogen) atoms. The summed E-state index contributed by atoms with van der Waals surface area (Å²) in [7, 11) is 0. The minimum absolute atomic E-state index is 0.0448. The summed E-state index contributed by atoms with van der Waals surface area (Å²) in [6, 6.07) is 6.03. The zero-order chi connectivity index (χ0) is 13.7. The third-order valence-corrected chi connectivity index (χ3v) is 2.94. The fourth-order valence-electron chi connectivity index (χ4n) is 1.34. The van der Waals surface area contributed by atoms with Gasteiger partial charge in [0.2, 0.25) is 0 Å². The number of hydrogen-bond donors (Lipinski definition) is 2. The molecule has 2 rings (SSSR count). The van der Waals surface area contributed by atoms with E-state index in [1.165, 1.54) is 29.7 Å². The van der Waals surface area contributed by atoms with Gasteiger partial charge in [0.25, 0.3) is 0 Å². The molecule has 5 nitrogen and oxygen atoms in total. The van der Waals surface area contributed by atoms with Crippen molar-refractivity contribution in [3.05, 3.63) is 47.2 Å². The number of halogens is 1. The van der Waals surface area contributed by atoms with Crippen LogP contribution in [0.4, 0.5) is 9.52 Å². The maximum Gasteiger partial charge on any atom is 0.315 e. The fourth-order valence-corrected chi connectivity index (χ4v) is 1.86. The second-order valence-electron chi connectivity index (χ2n) is 3.57. The van der Waals surface area contributed by atoms with Crippen molar-refractivity contribution in [2.75, 3.05) is 5.32 Å². The van der Waals surface area contributed by atoms with E-state index in [4.69, 9.17) is 0 Å². The third kappa shape index (κ3) is 3.59. The van der Waals surface area contributed by atoms with Gasteiger partial charge in [-0.2, -0.15) is 0 Å². The lowest BCUT2D eigenvalue weighted by molar-refractivity contribution is -0.136. The van der Waals surface area contributed by atoms with Crippen molar-refractivity contribution in [2.24, 2.45) is 0 Å². The van der Waals surface area contributed by atoms with Crippen molar-refractivity contribution in [3.8, 4) is 0 Å². The highest BCUT2D eigenvalue weighted by Crippen LogP contribution is 2.10. The Morgan fingerprint density at radius 3 is 2.74 bits per heavy atom. The molecule has 0 aliphatic carbocycles. The lowest BCUT2D eigenvalue weighted by Crippen LogP contribution is -2.35. The maximum atomic E-state index is 13.3. The molecule has 1 aromatic heterocycles. The summed E-state index contributed by atoms with van der Waals surface area (Å²) in [6.07, 6.45) is 1.51. The smallest absolute Gasteiger partial charge is 0.315 e. The zero-order valence-electron chi connectivity index (χ0n) is 9.72. The van der Waals surface area contributed by atoms with Crippen LogP contribution in [0.1, 0.15) is 5.56 Å². The predicted molar refractivity (Wildman–Crippen MR) is 69.0 cm³/mol. The van der Waals surface area contributed by atoms with Gasteiger partial charge in [0.1, 0.15) is 5.82 Å². The van der Waals surface area contributed by atoms with Crippen LogP contribution in [-0.4, -0.2) is 16.8 Å². The molecule has 7 heteroatoms. The topological polar surface area (TPSA) is 71.1 Å². The Balaban J connectivity index is 1.88. The first-order valence-electron chi connectivity index (χ1n) is 5.39. The number of hydrogen-bond acceptors (Lipinski definition) is 4. The van der Waals surface area contributed by atoms with Gasteiger partial charge in [-0.05, 0) is 6.07 Å². The van der Waals surface area contributed by atoms with Crippen molar-refractivity contribution in [1.82, 2.24) is 10.3 Å². The summed E-state index contributed by atoms with van der Waals surface area (Å²) in [5.41, 5.74) is 0.317. The van der Waals surface area contributed by atoms with Crippen LogP contribution in [0.15, 0.2) is 35.8 Å². The molecule has 0 fully saturated rings. The highest BCUT2D eigenvalue weighted by atomic mass is 32.1. The molecule has 0 saturated carbocycles. The van der Waals surface area contributed by atoms with Crippen LogP contribution in [0, 0.1) is 5.82 Å². The van der Waals surface area contributed by atoms with Gasteiger partial charge in [-0.25, -0.2) is 9.37 Å². The van der Waals surface area contributed by atoms with Crippen LogP contribution in [-0.2, 0) is 16.1 Å². The molecule has 1 heterocycles. The first-order chi connectivity index (χ1) is 9.16. The Hall–Kier alpha value is -2.28. The quantitative estimate of drug-likeness (QED) is 0.837. The lowest BCUT2D eigenvalue weighted by Gasteiger charge is -2.05. The summed E-state index contributed by atoms with van der Waals surface area (Å²) >= 11 is 1.20. The molecule has 98 valence electrons. The van der Waals surface area contributed by atoms with Crippen molar-refractivity contribution < 1.29 is 14.0 Å². The molecule has 0 atom stereocenters. The summed E-state index contributed by atoms with van der Waals surface area (Å²) in [4.78, 5) is 26.8. The van der Waals surface area contributed by atoms with Gasteiger partial charge < -0.3 is 5.32 Å². The molecule has 0 aliphatic heterocycles. The summed E-state index contributed by atoms with van der Waals surface area (Å²) in [6.45, 7) is -0.0448. The van der Waals surface area contributed by atoms with Crippen LogP contribution in [0.3, 0.4) is 0 Å². The first-order valence-corrected chi connectivity index (χ1v) is 6.27. The summed E-state index contributed by atoms with van der Waals surface area (Å²) < 4.78 is 13.3. The van der Waals surface area contributed by atoms with Crippen LogP contribution in [0.5, 0.6) is 0 Å². The molecule has 1 aromatic carbocycles. The number of carbonyl (C=O) groups excluding carboxylic acids is 2. The number of rotatable bonds is 3. The van der Waals surface area contributed by atoms with Gasteiger partial charge in [-0.15, -0.1) is 11.3 Å². The number of carbonyl (C=O) groups is 2. The van der Waals surface area contributed by atoms with Gasteiger partial charge in [-0.1, -0.05) is 18.2 Å². The van der Waals surface area contributed by atoms with E-state index in [1.807, 2.05) is 0 Å². The van der Waals surface area contributed by atoms with E-state index in [0.717, 1.165) is 0 Å². The van der Waals surface area contributed by atoms with Crippen molar-refractivity contribution in [1.29, 1.82) is 0 Å². The molecule has 0 unspecified atom stereocenters. The second-order valence-corrected chi connectivity index (χ2v) is 4.46. The minimum Gasteiger partial charge on any atom is -0.344 e. The van der Waals surface area contributed by atoms with E-state index in [2.05, 4.69) is 15.6 Å². The van der Waals surface area contributed by atoms with E-state index < -0.39 is 17.6 Å². The molecular formula is C12H10FN3O2S. The SMILES string of the molecule is O=C(NCc1ccccc1F)C(=O)Nc1nccs1. The monoisotopic (exact) mass is 279 g/mol. The molecule has 0 saturated heterocycles. The number of amides is 2. The average molecular weight is 279 g/mol. The van der Waals surface area contributed by atoms with Crippen molar-refractivity contribution in [3.63, 3.8) is 0 Å². The van der Waals surface area contributed by atoms with E-state index in [1.54, 1.807) is 17.5 Å². The Morgan fingerprint density at radius 2 is 2.05 bits per heavy atom. The minimum atomic E-state index is -0.835. The molecule has 0 aliphatic rings. The Morgan fingerprint density at radius 1 is 1.26 bits per heavy atom. The van der Waals surface area contributed by atoms with Crippen molar-refractivity contribution in [2.45, 2.75) is 6.54 Å². The molecule has 0 bridgehead atoms. The molecule has 2 aromatic rings. The summed E-state index contributed by atoms with van der Waals surface area (Å²) in [5, 5.41) is 6.69. The van der Waals surface area contributed by atoms with E-state index in [9.17, 15) is 14.0 Å². The highest BCUT2D eigenvalue weighted by Gasteiger charge is 2.14. The number of thiazole rings is 1. The second kappa shape index (κ2) is 6.05. The molecule has 0 radical (unpaired) electrons. The Bertz CT molecular complexity index is 586. The third-order valence-electron chi connectivity index (χ3n) is 2.26. The lowest BCUT2D eigenvalue weighted by atomic mass is 10.2. The van der Waals surface area contributed by atoms with E-state index in [-0.39, 0.29) is 6.54 Å². The van der Waals surface area contributed by atoms with Gasteiger partial charge in [0.15, 0.2) is 5.13 Å². The molecule has 2 N–H and O–H groups in total. The normalized spacial score (nSPS) is 9.95. The van der Waals surface area contributed by atoms with Crippen LogP contribution < -0.4 is 10.6 Å². The maximum absolute atomic E-state index is 13.3. The Kier molecular flexibility index (Phi) is 4.19. The number of aromatic nitrogens is 1. The standard InChI is InChI=1S/C12H10FN3O2S/c13-9-4-2-1-3-8(9)7-15-10(17)11(18)16-12-14-5-6-19-12/h1-6H,7H2,(H,15,17)(H,14,16,18). The first kappa shape index (κ1) is 13.2.